The molecule has 0 heterocycles. The van der Waals surface area contributed by atoms with Gasteiger partial charge in [0.25, 0.3) is 5.69 Å². The van der Waals surface area contributed by atoms with Crippen molar-refractivity contribution < 1.29 is 18.8 Å². The Kier molecular flexibility index (Phi) is 4.64. The van der Waals surface area contributed by atoms with Gasteiger partial charge in [0.05, 0.1) is 10.5 Å². The largest absolute Gasteiger partial charge is 0.488 e. The van der Waals surface area contributed by atoms with Crippen LogP contribution in [-0.4, -0.2) is 11.2 Å². The molecule has 0 aliphatic rings. The van der Waals surface area contributed by atoms with Gasteiger partial charge >= 0.3 is 0 Å². The third-order valence-corrected chi connectivity index (χ3v) is 3.11. The fraction of sp³-hybridized carbons (Fsp3) is 0.0714. The van der Waals surface area contributed by atoms with Crippen molar-refractivity contribution in [3.63, 3.8) is 0 Å². The van der Waals surface area contributed by atoms with Gasteiger partial charge in [-0.1, -0.05) is 15.9 Å². The summed E-state index contributed by atoms with van der Waals surface area (Å²) in [5, 5.41) is 10.6. The first-order chi connectivity index (χ1) is 9.99. The molecule has 0 saturated heterocycles. The molecule has 0 saturated carbocycles. The number of rotatable bonds is 5. The number of nitro benzene ring substituents is 1. The molecule has 5 nitrogen and oxygen atoms in total. The van der Waals surface area contributed by atoms with Crippen molar-refractivity contribution in [3.8, 4) is 5.75 Å². The molecule has 108 valence electrons. The first-order valence-electron chi connectivity index (χ1n) is 5.81. The maximum Gasteiger partial charge on any atom is 0.270 e. The van der Waals surface area contributed by atoms with E-state index < -0.39 is 10.7 Å². The first-order valence-corrected chi connectivity index (χ1v) is 6.60. The topological polar surface area (TPSA) is 69.4 Å². The van der Waals surface area contributed by atoms with Crippen molar-refractivity contribution in [1.82, 2.24) is 0 Å². The van der Waals surface area contributed by atoms with Gasteiger partial charge in [-0.05, 0) is 29.8 Å². The number of hydrogen-bond donors (Lipinski definition) is 0. The number of non-ortho nitro benzene ring substituents is 1. The quantitative estimate of drug-likeness (QED) is 0.464. The zero-order valence-corrected chi connectivity index (χ0v) is 12.2. The minimum atomic E-state index is -0.597. The molecule has 2 aromatic rings. The van der Waals surface area contributed by atoms with Crippen molar-refractivity contribution >= 4 is 27.9 Å². The number of carbonyl (C=O) groups excluding carboxylic acids is 1. The lowest BCUT2D eigenvalue weighted by Crippen LogP contribution is -2.00. The van der Waals surface area contributed by atoms with Crippen LogP contribution in [0.15, 0.2) is 40.9 Å². The van der Waals surface area contributed by atoms with E-state index in [1.807, 2.05) is 0 Å². The number of halogens is 2. The van der Waals surface area contributed by atoms with Crippen LogP contribution in [0.4, 0.5) is 10.1 Å². The highest BCUT2D eigenvalue weighted by molar-refractivity contribution is 9.10. The summed E-state index contributed by atoms with van der Waals surface area (Å²) in [6, 6.07) is 8.00. The molecule has 0 atom stereocenters. The van der Waals surface area contributed by atoms with Crippen LogP contribution in [0.2, 0.25) is 0 Å². The Morgan fingerprint density at radius 3 is 2.67 bits per heavy atom. The van der Waals surface area contributed by atoms with Gasteiger partial charge in [-0.15, -0.1) is 0 Å². The van der Waals surface area contributed by atoms with Crippen LogP contribution in [0, 0.1) is 15.9 Å². The van der Waals surface area contributed by atoms with E-state index in [1.165, 1.54) is 24.3 Å². The van der Waals surface area contributed by atoms with Gasteiger partial charge in [-0.25, -0.2) is 4.39 Å². The number of benzene rings is 2. The molecule has 0 radical (unpaired) electrons. The molecule has 0 amide bonds. The number of carbonyl (C=O) groups is 1. The Hall–Kier alpha value is -2.28. The molecule has 7 heteroatoms. The fourth-order valence-corrected chi connectivity index (χ4v) is 2.24. The number of ether oxygens (including phenoxy) is 1. The molecule has 0 aromatic heterocycles. The second kappa shape index (κ2) is 6.45. The van der Waals surface area contributed by atoms with Crippen LogP contribution in [0.25, 0.3) is 0 Å². The summed E-state index contributed by atoms with van der Waals surface area (Å²) < 4.78 is 19.2. The second-order valence-corrected chi connectivity index (χ2v) is 5.08. The maximum atomic E-state index is 13.2. The highest BCUT2D eigenvalue weighted by Crippen LogP contribution is 2.24. The molecule has 0 aliphatic carbocycles. The summed E-state index contributed by atoms with van der Waals surface area (Å²) in [5.74, 6) is -0.210. The maximum absolute atomic E-state index is 13.2. The van der Waals surface area contributed by atoms with E-state index in [2.05, 4.69) is 15.9 Å². The van der Waals surface area contributed by atoms with Crippen LogP contribution >= 0.6 is 15.9 Å². The molecule has 0 N–H and O–H groups in total. The Bertz CT molecular complexity index is 685. The van der Waals surface area contributed by atoms with Crippen molar-refractivity contribution in [3.05, 3.63) is 67.9 Å². The van der Waals surface area contributed by atoms with E-state index in [1.54, 1.807) is 6.07 Å². The van der Waals surface area contributed by atoms with Crippen molar-refractivity contribution in [2.45, 2.75) is 6.61 Å². The lowest BCUT2D eigenvalue weighted by atomic mass is 10.2. The van der Waals surface area contributed by atoms with E-state index >= 15 is 0 Å². The number of nitrogens with zero attached hydrogens (tertiary/aromatic N) is 1. The van der Waals surface area contributed by atoms with E-state index in [-0.39, 0.29) is 23.6 Å². The SMILES string of the molecule is O=Cc1cc([N+](=O)[O-])ccc1OCc1cc(F)cc(Br)c1. The average Bonchev–Trinajstić information content (AvgIpc) is 2.43. The van der Waals surface area contributed by atoms with Gasteiger partial charge in [0.15, 0.2) is 6.29 Å². The zero-order chi connectivity index (χ0) is 15.4. The van der Waals surface area contributed by atoms with E-state index in [4.69, 9.17) is 4.74 Å². The first kappa shape index (κ1) is 15.1. The van der Waals surface area contributed by atoms with Gasteiger partial charge in [0.1, 0.15) is 18.2 Å². The molecule has 0 fully saturated rings. The second-order valence-electron chi connectivity index (χ2n) is 4.16. The monoisotopic (exact) mass is 353 g/mol. The van der Waals surface area contributed by atoms with Gasteiger partial charge < -0.3 is 4.74 Å². The number of aldehydes is 1. The average molecular weight is 354 g/mol. The van der Waals surface area contributed by atoms with Crippen LogP contribution in [0.5, 0.6) is 5.75 Å². The Morgan fingerprint density at radius 1 is 1.29 bits per heavy atom. The molecule has 0 aliphatic heterocycles. The van der Waals surface area contributed by atoms with Crippen LogP contribution < -0.4 is 4.74 Å². The fourth-order valence-electron chi connectivity index (χ4n) is 1.73. The van der Waals surface area contributed by atoms with Gasteiger partial charge in [0, 0.05) is 16.6 Å². The van der Waals surface area contributed by atoms with E-state index in [9.17, 15) is 19.3 Å². The molecular formula is C14H9BrFNO4. The van der Waals surface area contributed by atoms with Gasteiger partial charge in [-0.2, -0.15) is 0 Å². The standard InChI is InChI=1S/C14H9BrFNO4/c15-11-3-9(4-12(16)6-11)8-21-14-2-1-13(17(19)20)5-10(14)7-18/h1-7H,8H2. The van der Waals surface area contributed by atoms with E-state index in [0.717, 1.165) is 6.07 Å². The normalized spacial score (nSPS) is 10.2. The Morgan fingerprint density at radius 2 is 2.05 bits per heavy atom. The van der Waals surface area contributed by atoms with Crippen LogP contribution in [-0.2, 0) is 6.61 Å². The highest BCUT2D eigenvalue weighted by atomic mass is 79.9. The minimum absolute atomic E-state index is 0.0367. The molecule has 0 bridgehead atoms. The predicted molar refractivity (Wildman–Crippen MR) is 76.9 cm³/mol. The van der Waals surface area contributed by atoms with Gasteiger partial charge in [0.2, 0.25) is 0 Å². The summed E-state index contributed by atoms with van der Waals surface area (Å²) in [6.07, 6.45) is 0.476. The van der Waals surface area contributed by atoms with Crippen LogP contribution in [0.1, 0.15) is 15.9 Å². The van der Waals surface area contributed by atoms with Gasteiger partial charge in [-0.3, -0.25) is 14.9 Å². The summed E-state index contributed by atoms with van der Waals surface area (Å²) >= 11 is 3.17. The molecular weight excluding hydrogens is 345 g/mol. The van der Waals surface area contributed by atoms with Crippen molar-refractivity contribution in [2.24, 2.45) is 0 Å². The Labute approximate surface area is 127 Å². The van der Waals surface area contributed by atoms with Crippen molar-refractivity contribution in [1.29, 1.82) is 0 Å². The minimum Gasteiger partial charge on any atom is -0.488 e. The molecule has 2 aromatic carbocycles. The predicted octanol–water partition coefficient (Wildman–Crippen LogP) is 3.89. The van der Waals surface area contributed by atoms with E-state index in [0.29, 0.717) is 16.3 Å². The molecule has 2 rings (SSSR count). The third kappa shape index (κ3) is 3.85. The third-order valence-electron chi connectivity index (χ3n) is 2.65. The molecule has 0 unspecified atom stereocenters. The summed E-state index contributed by atoms with van der Waals surface area (Å²) in [4.78, 5) is 21.0. The lowest BCUT2D eigenvalue weighted by Gasteiger charge is -2.09. The Balaban J connectivity index is 2.19. The highest BCUT2D eigenvalue weighted by Gasteiger charge is 2.11. The van der Waals surface area contributed by atoms with Crippen molar-refractivity contribution in [2.75, 3.05) is 0 Å². The summed E-state index contributed by atoms with van der Waals surface area (Å²) in [7, 11) is 0. The number of hydrogen-bond acceptors (Lipinski definition) is 4. The molecule has 21 heavy (non-hydrogen) atoms. The summed E-state index contributed by atoms with van der Waals surface area (Å²) in [5.41, 5.74) is 0.440. The zero-order valence-electron chi connectivity index (χ0n) is 10.6. The lowest BCUT2D eigenvalue weighted by molar-refractivity contribution is -0.384. The smallest absolute Gasteiger partial charge is 0.270 e. The summed E-state index contributed by atoms with van der Waals surface area (Å²) in [6.45, 7) is 0.0367. The molecule has 0 spiro atoms. The number of nitro groups is 1. The van der Waals surface area contributed by atoms with Crippen LogP contribution in [0.3, 0.4) is 0 Å².